The maximum Gasteiger partial charge on any atom is 0.0541 e. The van der Waals surface area contributed by atoms with Crippen molar-refractivity contribution in [3.05, 3.63) is 170 Å². The fourth-order valence-corrected chi connectivity index (χ4v) is 6.24. The third-order valence-corrected chi connectivity index (χ3v) is 8.19. The molecule has 0 saturated carbocycles. The van der Waals surface area contributed by atoms with Gasteiger partial charge in [-0.2, -0.15) is 0 Å². The van der Waals surface area contributed by atoms with E-state index in [0.29, 0.717) is 0 Å². The molecule has 0 bridgehead atoms. The second-order valence-corrected chi connectivity index (χ2v) is 10.6. The molecular formula is C40H28N2. The van der Waals surface area contributed by atoms with Crippen molar-refractivity contribution < 1.29 is 0 Å². The summed E-state index contributed by atoms with van der Waals surface area (Å²) in [6.45, 7) is 0. The van der Waals surface area contributed by atoms with Crippen LogP contribution < -0.4 is 4.90 Å². The number of para-hydroxylation sites is 3. The van der Waals surface area contributed by atoms with Crippen molar-refractivity contribution >= 4 is 49.6 Å². The fourth-order valence-electron chi connectivity index (χ4n) is 6.24. The van der Waals surface area contributed by atoms with Crippen LogP contribution in [-0.4, -0.2) is 4.57 Å². The van der Waals surface area contributed by atoms with Gasteiger partial charge in [0.05, 0.1) is 11.0 Å². The van der Waals surface area contributed by atoms with Crippen LogP contribution in [0.4, 0.5) is 17.1 Å². The zero-order valence-corrected chi connectivity index (χ0v) is 23.1. The summed E-state index contributed by atoms with van der Waals surface area (Å²) < 4.78 is 2.36. The Morgan fingerprint density at radius 3 is 1.52 bits per heavy atom. The SMILES string of the molecule is c1ccc(N(c2ccc(-c3cccc4ccccc34)cc2)c2ccc(-n3c4ccccc4c4ccccc43)cc2)cc1. The Bertz CT molecular complexity index is 2110. The minimum atomic E-state index is 1.11. The van der Waals surface area contributed by atoms with E-state index in [4.69, 9.17) is 0 Å². The van der Waals surface area contributed by atoms with Gasteiger partial charge in [0.15, 0.2) is 0 Å². The van der Waals surface area contributed by atoms with Crippen molar-refractivity contribution in [2.75, 3.05) is 4.90 Å². The van der Waals surface area contributed by atoms with E-state index in [9.17, 15) is 0 Å². The summed E-state index contributed by atoms with van der Waals surface area (Å²) in [5.41, 5.74) is 9.41. The molecule has 7 aromatic carbocycles. The predicted molar refractivity (Wildman–Crippen MR) is 178 cm³/mol. The van der Waals surface area contributed by atoms with Crippen LogP contribution in [0.15, 0.2) is 170 Å². The quantitative estimate of drug-likeness (QED) is 0.212. The highest BCUT2D eigenvalue weighted by Gasteiger charge is 2.15. The molecule has 42 heavy (non-hydrogen) atoms. The van der Waals surface area contributed by atoms with E-state index in [2.05, 4.69) is 179 Å². The van der Waals surface area contributed by atoms with Crippen molar-refractivity contribution in [2.24, 2.45) is 0 Å². The highest BCUT2D eigenvalue weighted by atomic mass is 15.1. The molecule has 1 aromatic heterocycles. The predicted octanol–water partition coefficient (Wildman–Crippen LogP) is 11.1. The summed E-state index contributed by atoms with van der Waals surface area (Å²) in [7, 11) is 0. The lowest BCUT2D eigenvalue weighted by atomic mass is 9.98. The van der Waals surface area contributed by atoms with Crippen molar-refractivity contribution in [3.8, 4) is 16.8 Å². The summed E-state index contributed by atoms with van der Waals surface area (Å²) in [4.78, 5) is 2.32. The number of nitrogens with zero attached hydrogens (tertiary/aromatic N) is 2. The molecule has 0 aliphatic rings. The molecule has 0 spiro atoms. The highest BCUT2D eigenvalue weighted by molar-refractivity contribution is 6.09. The van der Waals surface area contributed by atoms with Gasteiger partial charge in [-0.1, -0.05) is 109 Å². The van der Waals surface area contributed by atoms with Crippen LogP contribution in [0.1, 0.15) is 0 Å². The number of aromatic nitrogens is 1. The van der Waals surface area contributed by atoms with E-state index in [-0.39, 0.29) is 0 Å². The first-order chi connectivity index (χ1) is 20.8. The molecule has 0 amide bonds. The number of benzene rings is 7. The van der Waals surface area contributed by atoms with E-state index in [1.165, 1.54) is 43.7 Å². The van der Waals surface area contributed by atoms with Crippen LogP contribution in [0.25, 0.3) is 49.4 Å². The number of hydrogen-bond donors (Lipinski definition) is 0. The zero-order chi connectivity index (χ0) is 27.9. The Kier molecular flexibility index (Phi) is 5.82. The molecule has 8 aromatic rings. The van der Waals surface area contributed by atoms with Gasteiger partial charge in [0.25, 0.3) is 0 Å². The standard InChI is InChI=1S/C40H28N2/c1-2-13-31(14-3-1)41(32-23-21-30(22-24-32)36-18-10-12-29-11-4-5-15-35(29)36)33-25-27-34(28-26-33)42-39-19-8-6-16-37(39)38-17-7-9-20-40(38)42/h1-28H. The number of hydrogen-bond acceptors (Lipinski definition) is 1. The molecule has 1 heterocycles. The van der Waals surface area contributed by atoms with Gasteiger partial charge in [0.2, 0.25) is 0 Å². The average molecular weight is 537 g/mol. The molecule has 0 saturated heterocycles. The van der Waals surface area contributed by atoms with Gasteiger partial charge >= 0.3 is 0 Å². The van der Waals surface area contributed by atoms with Crippen LogP contribution in [0, 0.1) is 0 Å². The van der Waals surface area contributed by atoms with Crippen molar-refractivity contribution in [1.29, 1.82) is 0 Å². The zero-order valence-electron chi connectivity index (χ0n) is 23.1. The topological polar surface area (TPSA) is 8.17 Å². The van der Waals surface area contributed by atoms with Gasteiger partial charge in [0.1, 0.15) is 0 Å². The van der Waals surface area contributed by atoms with E-state index < -0.39 is 0 Å². The van der Waals surface area contributed by atoms with Crippen LogP contribution in [0.5, 0.6) is 0 Å². The van der Waals surface area contributed by atoms with E-state index >= 15 is 0 Å². The van der Waals surface area contributed by atoms with Gasteiger partial charge in [-0.05, 0) is 82.6 Å². The number of fused-ring (bicyclic) bond motifs is 4. The third-order valence-electron chi connectivity index (χ3n) is 8.19. The second-order valence-electron chi connectivity index (χ2n) is 10.6. The fraction of sp³-hybridized carbons (Fsp3) is 0. The Labute approximate surface area is 245 Å². The monoisotopic (exact) mass is 536 g/mol. The van der Waals surface area contributed by atoms with Crippen molar-refractivity contribution in [3.63, 3.8) is 0 Å². The molecule has 0 aliphatic carbocycles. The summed E-state index contributed by atoms with van der Waals surface area (Å²) >= 11 is 0. The van der Waals surface area contributed by atoms with Gasteiger partial charge < -0.3 is 9.47 Å². The smallest absolute Gasteiger partial charge is 0.0541 e. The normalized spacial score (nSPS) is 11.3. The van der Waals surface area contributed by atoms with Gasteiger partial charge in [-0.15, -0.1) is 0 Å². The molecule has 8 rings (SSSR count). The molecule has 0 fully saturated rings. The van der Waals surface area contributed by atoms with E-state index in [0.717, 1.165) is 22.7 Å². The number of rotatable bonds is 5. The molecule has 2 nitrogen and oxygen atoms in total. The third kappa shape index (κ3) is 4.05. The molecular weight excluding hydrogens is 508 g/mol. The first-order valence-electron chi connectivity index (χ1n) is 14.4. The molecule has 2 heteroatoms. The lowest BCUT2D eigenvalue weighted by Gasteiger charge is -2.26. The second kappa shape index (κ2) is 10.1. The Morgan fingerprint density at radius 2 is 0.857 bits per heavy atom. The lowest BCUT2D eigenvalue weighted by molar-refractivity contribution is 1.17. The van der Waals surface area contributed by atoms with Crippen LogP contribution >= 0.6 is 0 Å². The van der Waals surface area contributed by atoms with Gasteiger partial charge in [-0.25, -0.2) is 0 Å². The first-order valence-corrected chi connectivity index (χ1v) is 14.4. The highest BCUT2D eigenvalue weighted by Crippen LogP contribution is 2.38. The summed E-state index contributed by atoms with van der Waals surface area (Å²) in [6, 6.07) is 60.8. The Hall–Kier alpha value is -5.60. The lowest BCUT2D eigenvalue weighted by Crippen LogP contribution is -2.10. The number of anilines is 3. The molecule has 0 N–H and O–H groups in total. The largest absolute Gasteiger partial charge is 0.311 e. The minimum absolute atomic E-state index is 1.11. The maximum absolute atomic E-state index is 2.36. The molecule has 0 radical (unpaired) electrons. The van der Waals surface area contributed by atoms with Crippen molar-refractivity contribution in [2.45, 2.75) is 0 Å². The maximum atomic E-state index is 2.36. The van der Waals surface area contributed by atoms with Crippen LogP contribution in [0.2, 0.25) is 0 Å². The first kappa shape index (κ1) is 24.2. The van der Waals surface area contributed by atoms with Gasteiger partial charge in [0, 0.05) is 33.5 Å². The summed E-state index contributed by atoms with van der Waals surface area (Å²) in [6.07, 6.45) is 0. The summed E-state index contributed by atoms with van der Waals surface area (Å²) in [5, 5.41) is 5.07. The van der Waals surface area contributed by atoms with E-state index in [1.807, 2.05) is 0 Å². The minimum Gasteiger partial charge on any atom is -0.311 e. The molecule has 0 atom stereocenters. The Balaban J connectivity index is 1.21. The average Bonchev–Trinajstić information content (AvgIpc) is 3.40. The summed E-state index contributed by atoms with van der Waals surface area (Å²) in [5.74, 6) is 0. The van der Waals surface area contributed by atoms with Crippen molar-refractivity contribution in [1.82, 2.24) is 4.57 Å². The van der Waals surface area contributed by atoms with E-state index in [1.54, 1.807) is 0 Å². The van der Waals surface area contributed by atoms with Crippen LogP contribution in [-0.2, 0) is 0 Å². The Morgan fingerprint density at radius 1 is 0.357 bits per heavy atom. The molecule has 198 valence electrons. The van der Waals surface area contributed by atoms with Gasteiger partial charge in [-0.3, -0.25) is 0 Å². The molecule has 0 unspecified atom stereocenters. The van der Waals surface area contributed by atoms with Crippen LogP contribution in [0.3, 0.4) is 0 Å². The molecule has 0 aliphatic heterocycles.